The van der Waals surface area contributed by atoms with Crippen molar-refractivity contribution in [2.75, 3.05) is 19.0 Å². The minimum absolute atomic E-state index is 0.0111. The molecule has 2 N–H and O–H groups in total. The third kappa shape index (κ3) is 3.23. The van der Waals surface area contributed by atoms with Gasteiger partial charge < -0.3 is 15.2 Å². The summed E-state index contributed by atoms with van der Waals surface area (Å²) in [6.45, 7) is 1.92. The Morgan fingerprint density at radius 2 is 2.05 bits per heavy atom. The van der Waals surface area contributed by atoms with E-state index in [9.17, 15) is 5.11 Å². The molecular formula is C15H18N2O2. The van der Waals surface area contributed by atoms with Gasteiger partial charge in [0.05, 0.1) is 25.4 Å². The zero-order chi connectivity index (χ0) is 13.7. The van der Waals surface area contributed by atoms with Crippen LogP contribution < -0.4 is 10.1 Å². The fourth-order valence-corrected chi connectivity index (χ4v) is 1.87. The van der Waals surface area contributed by atoms with Crippen molar-refractivity contribution in [3.05, 3.63) is 53.9 Å². The molecule has 0 fully saturated rings. The quantitative estimate of drug-likeness (QED) is 0.865. The zero-order valence-electron chi connectivity index (χ0n) is 11.1. The Morgan fingerprint density at radius 1 is 1.26 bits per heavy atom. The van der Waals surface area contributed by atoms with Crippen molar-refractivity contribution in [2.45, 2.75) is 13.0 Å². The smallest absolute Gasteiger partial charge is 0.141 e. The van der Waals surface area contributed by atoms with Gasteiger partial charge in [0.25, 0.3) is 0 Å². The van der Waals surface area contributed by atoms with Crippen molar-refractivity contribution >= 4 is 5.69 Å². The number of hydrogen-bond donors (Lipinski definition) is 2. The maximum Gasteiger partial charge on any atom is 0.141 e. The number of aryl methyl sites for hydroxylation is 1. The molecule has 0 radical (unpaired) electrons. The third-order valence-electron chi connectivity index (χ3n) is 2.96. The maximum atomic E-state index is 9.54. The van der Waals surface area contributed by atoms with E-state index in [0.29, 0.717) is 0 Å². The summed E-state index contributed by atoms with van der Waals surface area (Å²) in [6, 6.07) is 11.3. The number of aliphatic hydroxyl groups excluding tert-OH is 1. The van der Waals surface area contributed by atoms with Gasteiger partial charge in [-0.1, -0.05) is 18.2 Å². The van der Waals surface area contributed by atoms with E-state index < -0.39 is 0 Å². The number of nitrogens with one attached hydrogen (secondary N) is 1. The molecule has 4 nitrogen and oxygen atoms in total. The number of nitrogens with zero attached hydrogens (tertiary/aromatic N) is 1. The van der Waals surface area contributed by atoms with Crippen LogP contribution in [0.1, 0.15) is 17.3 Å². The van der Waals surface area contributed by atoms with E-state index in [0.717, 1.165) is 22.7 Å². The van der Waals surface area contributed by atoms with Crippen LogP contribution in [0.15, 0.2) is 42.6 Å². The standard InChI is InChI=1S/C15H18N2O2/c1-11-7-8-12(9-16-11)14(10-18)17-13-5-3-4-6-15(13)19-2/h3-9,14,17-18H,10H2,1-2H3. The number of ether oxygens (including phenoxy) is 1. The summed E-state index contributed by atoms with van der Waals surface area (Å²) in [6.07, 6.45) is 1.78. The van der Waals surface area contributed by atoms with Crippen molar-refractivity contribution in [1.82, 2.24) is 4.98 Å². The number of para-hydroxylation sites is 2. The molecule has 2 aromatic rings. The van der Waals surface area contributed by atoms with Crippen molar-refractivity contribution in [1.29, 1.82) is 0 Å². The van der Waals surface area contributed by atoms with Crippen molar-refractivity contribution in [3.63, 3.8) is 0 Å². The predicted molar refractivity (Wildman–Crippen MR) is 75.4 cm³/mol. The van der Waals surface area contributed by atoms with Crippen LogP contribution in [0.5, 0.6) is 5.75 Å². The first kappa shape index (κ1) is 13.4. The van der Waals surface area contributed by atoms with Crippen LogP contribution in [0.4, 0.5) is 5.69 Å². The molecule has 0 amide bonds. The second kappa shape index (κ2) is 6.20. The number of rotatable bonds is 5. The Bertz CT molecular complexity index is 526. The summed E-state index contributed by atoms with van der Waals surface area (Å²) in [4.78, 5) is 4.25. The number of hydrogen-bond acceptors (Lipinski definition) is 4. The Morgan fingerprint density at radius 3 is 2.68 bits per heavy atom. The Kier molecular flexibility index (Phi) is 4.36. The highest BCUT2D eigenvalue weighted by Crippen LogP contribution is 2.27. The van der Waals surface area contributed by atoms with E-state index in [1.165, 1.54) is 0 Å². The molecule has 1 heterocycles. The first-order valence-corrected chi connectivity index (χ1v) is 6.17. The molecule has 1 unspecified atom stereocenters. The van der Waals surface area contributed by atoms with Gasteiger partial charge in [-0.25, -0.2) is 0 Å². The summed E-state index contributed by atoms with van der Waals surface area (Å²) in [5.41, 5.74) is 2.75. The number of anilines is 1. The number of methoxy groups -OCH3 is 1. The van der Waals surface area contributed by atoms with Gasteiger partial charge in [-0.05, 0) is 30.7 Å². The van der Waals surface area contributed by atoms with E-state index in [1.807, 2.05) is 43.3 Å². The van der Waals surface area contributed by atoms with E-state index >= 15 is 0 Å². The second-order valence-corrected chi connectivity index (χ2v) is 4.31. The minimum Gasteiger partial charge on any atom is -0.495 e. The van der Waals surface area contributed by atoms with Gasteiger partial charge in [0.1, 0.15) is 5.75 Å². The van der Waals surface area contributed by atoms with Gasteiger partial charge in [0.2, 0.25) is 0 Å². The topological polar surface area (TPSA) is 54.4 Å². The SMILES string of the molecule is COc1ccccc1NC(CO)c1ccc(C)nc1. The highest BCUT2D eigenvalue weighted by atomic mass is 16.5. The van der Waals surface area contributed by atoms with E-state index in [4.69, 9.17) is 4.74 Å². The molecule has 19 heavy (non-hydrogen) atoms. The fourth-order valence-electron chi connectivity index (χ4n) is 1.87. The second-order valence-electron chi connectivity index (χ2n) is 4.31. The number of aromatic nitrogens is 1. The molecule has 1 aromatic carbocycles. The van der Waals surface area contributed by atoms with Gasteiger partial charge >= 0.3 is 0 Å². The minimum atomic E-state index is -0.204. The molecule has 4 heteroatoms. The van der Waals surface area contributed by atoms with Crippen LogP contribution in [-0.4, -0.2) is 23.8 Å². The van der Waals surface area contributed by atoms with Crippen LogP contribution in [-0.2, 0) is 0 Å². The first-order chi connectivity index (χ1) is 9.24. The molecule has 2 rings (SSSR count). The predicted octanol–water partition coefficient (Wildman–Crippen LogP) is 2.54. The number of aliphatic hydroxyl groups is 1. The molecule has 0 bridgehead atoms. The van der Waals surface area contributed by atoms with Crippen LogP contribution >= 0.6 is 0 Å². The third-order valence-corrected chi connectivity index (χ3v) is 2.96. The Balaban J connectivity index is 2.21. The molecule has 0 spiro atoms. The average Bonchev–Trinajstić information content (AvgIpc) is 2.46. The van der Waals surface area contributed by atoms with Crippen molar-refractivity contribution in [2.24, 2.45) is 0 Å². The van der Waals surface area contributed by atoms with E-state index in [1.54, 1.807) is 13.3 Å². The zero-order valence-corrected chi connectivity index (χ0v) is 11.1. The largest absolute Gasteiger partial charge is 0.495 e. The molecular weight excluding hydrogens is 240 g/mol. The Labute approximate surface area is 113 Å². The van der Waals surface area contributed by atoms with Gasteiger partial charge in [0, 0.05) is 11.9 Å². The molecule has 1 atom stereocenters. The number of pyridine rings is 1. The normalized spacial score (nSPS) is 11.9. The van der Waals surface area contributed by atoms with Gasteiger partial charge in [-0.3, -0.25) is 4.98 Å². The lowest BCUT2D eigenvalue weighted by Gasteiger charge is -2.19. The van der Waals surface area contributed by atoms with Crippen LogP contribution in [0.3, 0.4) is 0 Å². The van der Waals surface area contributed by atoms with E-state index in [2.05, 4.69) is 10.3 Å². The maximum absolute atomic E-state index is 9.54. The lowest BCUT2D eigenvalue weighted by atomic mass is 10.1. The molecule has 1 aromatic heterocycles. The molecule has 0 saturated carbocycles. The van der Waals surface area contributed by atoms with Gasteiger partial charge in [-0.15, -0.1) is 0 Å². The van der Waals surface area contributed by atoms with Crippen molar-refractivity contribution in [3.8, 4) is 5.75 Å². The summed E-state index contributed by atoms with van der Waals surface area (Å²) in [7, 11) is 1.63. The van der Waals surface area contributed by atoms with Crippen LogP contribution in [0, 0.1) is 6.92 Å². The summed E-state index contributed by atoms with van der Waals surface area (Å²) >= 11 is 0. The monoisotopic (exact) mass is 258 g/mol. The van der Waals surface area contributed by atoms with Gasteiger partial charge in [0.15, 0.2) is 0 Å². The summed E-state index contributed by atoms with van der Waals surface area (Å²) in [5.74, 6) is 0.751. The average molecular weight is 258 g/mol. The van der Waals surface area contributed by atoms with Gasteiger partial charge in [-0.2, -0.15) is 0 Å². The number of benzene rings is 1. The van der Waals surface area contributed by atoms with Crippen LogP contribution in [0.2, 0.25) is 0 Å². The Hall–Kier alpha value is -2.07. The van der Waals surface area contributed by atoms with E-state index in [-0.39, 0.29) is 12.6 Å². The molecule has 0 aliphatic rings. The molecule has 0 aliphatic carbocycles. The molecule has 0 saturated heterocycles. The summed E-state index contributed by atoms with van der Waals surface area (Å²) < 4.78 is 5.29. The highest BCUT2D eigenvalue weighted by Gasteiger charge is 2.12. The molecule has 0 aliphatic heterocycles. The summed E-state index contributed by atoms with van der Waals surface area (Å²) in [5, 5.41) is 12.8. The lowest BCUT2D eigenvalue weighted by molar-refractivity contribution is 0.276. The fraction of sp³-hybridized carbons (Fsp3) is 0.267. The van der Waals surface area contributed by atoms with Crippen LogP contribution in [0.25, 0.3) is 0 Å². The highest BCUT2D eigenvalue weighted by molar-refractivity contribution is 5.57. The van der Waals surface area contributed by atoms with Crippen molar-refractivity contribution < 1.29 is 9.84 Å². The first-order valence-electron chi connectivity index (χ1n) is 6.17. The lowest BCUT2D eigenvalue weighted by Crippen LogP contribution is -2.15. The molecule has 100 valence electrons.